The van der Waals surface area contributed by atoms with E-state index >= 15 is 0 Å². The highest BCUT2D eigenvalue weighted by Gasteiger charge is 2.25. The Kier molecular flexibility index (Phi) is 6.51. The number of para-hydroxylation sites is 1. The molecule has 0 amide bonds. The molecule has 0 saturated carbocycles. The number of aromatic nitrogens is 1. The number of benzene rings is 3. The van der Waals surface area contributed by atoms with Crippen LogP contribution in [0, 0.1) is 0 Å². The Hall–Kier alpha value is -3.41. The molecule has 168 valence electrons. The van der Waals surface area contributed by atoms with E-state index in [2.05, 4.69) is 58.7 Å². The maximum absolute atomic E-state index is 6.10. The normalized spacial score (nSPS) is 15.3. The van der Waals surface area contributed by atoms with Gasteiger partial charge in [-0.05, 0) is 41.0 Å². The fourth-order valence-electron chi connectivity index (χ4n) is 4.50. The molecule has 1 unspecified atom stereocenters. The Balaban J connectivity index is 1.48. The summed E-state index contributed by atoms with van der Waals surface area (Å²) in [5.41, 5.74) is 4.51. The molecule has 1 aromatic heterocycles. The second-order valence-electron chi connectivity index (χ2n) is 8.33. The van der Waals surface area contributed by atoms with Crippen molar-refractivity contribution < 1.29 is 9.47 Å². The van der Waals surface area contributed by atoms with Crippen LogP contribution in [0.1, 0.15) is 22.7 Å². The van der Waals surface area contributed by atoms with Crippen LogP contribution in [-0.4, -0.2) is 43.2 Å². The number of fused-ring (bicyclic) bond motifs is 1. The van der Waals surface area contributed by atoms with Crippen LogP contribution in [0.25, 0.3) is 10.9 Å². The van der Waals surface area contributed by atoms with Crippen molar-refractivity contribution in [3.8, 4) is 11.5 Å². The van der Waals surface area contributed by atoms with Gasteiger partial charge >= 0.3 is 0 Å². The number of hydrogen-bond donors (Lipinski definition) is 1. The van der Waals surface area contributed by atoms with E-state index in [9.17, 15) is 0 Å². The Morgan fingerprint density at radius 2 is 1.67 bits per heavy atom. The summed E-state index contributed by atoms with van der Waals surface area (Å²) in [6.45, 7) is 4.42. The molecule has 2 heterocycles. The number of piperazine rings is 1. The zero-order valence-corrected chi connectivity index (χ0v) is 18.9. The van der Waals surface area contributed by atoms with Gasteiger partial charge in [0, 0.05) is 37.8 Å². The number of ether oxygens (including phenoxy) is 2. The molecule has 33 heavy (non-hydrogen) atoms. The van der Waals surface area contributed by atoms with Crippen molar-refractivity contribution in [2.75, 3.05) is 33.3 Å². The van der Waals surface area contributed by atoms with Crippen molar-refractivity contribution in [3.63, 3.8) is 0 Å². The number of nitrogens with one attached hydrogen (secondary N) is 1. The van der Waals surface area contributed by atoms with E-state index in [4.69, 9.17) is 14.5 Å². The lowest BCUT2D eigenvalue weighted by Crippen LogP contribution is -2.45. The monoisotopic (exact) mass is 439 g/mol. The smallest absolute Gasteiger partial charge is 0.161 e. The number of nitrogens with zero attached hydrogens (tertiary/aromatic N) is 2. The summed E-state index contributed by atoms with van der Waals surface area (Å²) in [7, 11) is 1.70. The molecule has 0 aliphatic carbocycles. The average molecular weight is 440 g/mol. The second-order valence-corrected chi connectivity index (χ2v) is 8.33. The minimum atomic E-state index is 0.0984. The van der Waals surface area contributed by atoms with Crippen LogP contribution in [0.15, 0.2) is 85.1 Å². The van der Waals surface area contributed by atoms with Crippen molar-refractivity contribution in [1.82, 2.24) is 15.2 Å². The minimum Gasteiger partial charge on any atom is -0.493 e. The first-order valence-electron chi connectivity index (χ1n) is 11.5. The molecule has 1 N–H and O–H groups in total. The Bertz CT molecular complexity index is 1210. The van der Waals surface area contributed by atoms with Gasteiger partial charge in [0.1, 0.15) is 6.61 Å². The van der Waals surface area contributed by atoms with E-state index < -0.39 is 0 Å². The van der Waals surface area contributed by atoms with Crippen molar-refractivity contribution in [2.24, 2.45) is 0 Å². The largest absolute Gasteiger partial charge is 0.493 e. The fraction of sp³-hybridized carbons (Fsp3) is 0.250. The van der Waals surface area contributed by atoms with Gasteiger partial charge < -0.3 is 14.8 Å². The zero-order valence-electron chi connectivity index (χ0n) is 18.9. The predicted molar refractivity (Wildman–Crippen MR) is 132 cm³/mol. The standard InChI is InChI=1S/C28H29N3O2/c1-32-27-18-23(11-12-26(27)33-20-21-7-3-2-4-8-21)28(31-15-13-29-14-16-31)24-17-22-9-5-6-10-25(22)30-19-24/h2-12,17-19,28-29H,13-16,20H2,1H3. The molecule has 3 aromatic carbocycles. The predicted octanol–water partition coefficient (Wildman–Crippen LogP) is 4.82. The fourth-order valence-corrected chi connectivity index (χ4v) is 4.50. The van der Waals surface area contributed by atoms with E-state index in [1.807, 2.05) is 36.5 Å². The molecular formula is C28H29N3O2. The van der Waals surface area contributed by atoms with Crippen molar-refractivity contribution >= 4 is 10.9 Å². The van der Waals surface area contributed by atoms with Gasteiger partial charge in [0.05, 0.1) is 18.7 Å². The average Bonchev–Trinajstić information content (AvgIpc) is 2.89. The molecule has 0 radical (unpaired) electrons. The summed E-state index contributed by atoms with van der Waals surface area (Å²) >= 11 is 0. The summed E-state index contributed by atoms with van der Waals surface area (Å²) < 4.78 is 11.8. The summed E-state index contributed by atoms with van der Waals surface area (Å²) in [4.78, 5) is 7.26. The third-order valence-electron chi connectivity index (χ3n) is 6.18. The molecule has 0 bridgehead atoms. The van der Waals surface area contributed by atoms with E-state index in [1.54, 1.807) is 7.11 Å². The van der Waals surface area contributed by atoms with E-state index in [-0.39, 0.29) is 6.04 Å². The molecular weight excluding hydrogens is 410 g/mol. The lowest BCUT2D eigenvalue weighted by Gasteiger charge is -2.35. The van der Waals surface area contributed by atoms with Crippen LogP contribution in [-0.2, 0) is 6.61 Å². The highest BCUT2D eigenvalue weighted by atomic mass is 16.5. The second kappa shape index (κ2) is 10.0. The lowest BCUT2D eigenvalue weighted by molar-refractivity contribution is 0.197. The molecule has 0 spiro atoms. The van der Waals surface area contributed by atoms with E-state index in [0.717, 1.165) is 54.1 Å². The summed E-state index contributed by atoms with van der Waals surface area (Å²) in [5, 5.41) is 4.62. The van der Waals surface area contributed by atoms with Gasteiger partial charge in [0.2, 0.25) is 0 Å². The van der Waals surface area contributed by atoms with Gasteiger partial charge in [-0.2, -0.15) is 0 Å². The Morgan fingerprint density at radius 1 is 0.879 bits per heavy atom. The van der Waals surface area contributed by atoms with E-state index in [1.165, 1.54) is 11.1 Å². The van der Waals surface area contributed by atoms with Gasteiger partial charge in [-0.25, -0.2) is 0 Å². The van der Waals surface area contributed by atoms with Crippen molar-refractivity contribution in [2.45, 2.75) is 12.6 Å². The van der Waals surface area contributed by atoms with Crippen molar-refractivity contribution in [1.29, 1.82) is 0 Å². The first-order valence-corrected chi connectivity index (χ1v) is 11.5. The molecule has 1 fully saturated rings. The maximum Gasteiger partial charge on any atom is 0.161 e. The van der Waals surface area contributed by atoms with Gasteiger partial charge in [0.25, 0.3) is 0 Å². The quantitative estimate of drug-likeness (QED) is 0.448. The molecule has 1 atom stereocenters. The molecule has 5 rings (SSSR count). The molecule has 1 aliphatic rings. The highest BCUT2D eigenvalue weighted by Crippen LogP contribution is 2.36. The highest BCUT2D eigenvalue weighted by molar-refractivity contribution is 5.79. The van der Waals surface area contributed by atoms with Gasteiger partial charge in [0.15, 0.2) is 11.5 Å². The number of pyridine rings is 1. The summed E-state index contributed by atoms with van der Waals surface area (Å²) in [6.07, 6.45) is 2.02. The number of hydrogen-bond acceptors (Lipinski definition) is 5. The molecule has 1 saturated heterocycles. The number of rotatable bonds is 7. The van der Waals surface area contributed by atoms with Gasteiger partial charge in [-0.1, -0.05) is 54.6 Å². The first kappa shape index (κ1) is 21.4. The van der Waals surface area contributed by atoms with Crippen LogP contribution in [0.2, 0.25) is 0 Å². The van der Waals surface area contributed by atoms with Gasteiger partial charge in [-0.15, -0.1) is 0 Å². The van der Waals surface area contributed by atoms with E-state index in [0.29, 0.717) is 6.61 Å². The molecule has 5 heteroatoms. The summed E-state index contributed by atoms with van der Waals surface area (Å²) in [6, 6.07) is 27.1. The van der Waals surface area contributed by atoms with Gasteiger partial charge in [-0.3, -0.25) is 9.88 Å². The SMILES string of the molecule is COc1cc(C(c2cnc3ccccc3c2)N2CCNCC2)ccc1OCc1ccccc1. The van der Waals surface area contributed by atoms with Crippen LogP contribution in [0.5, 0.6) is 11.5 Å². The lowest BCUT2D eigenvalue weighted by atomic mass is 9.96. The van der Waals surface area contributed by atoms with Crippen LogP contribution in [0.3, 0.4) is 0 Å². The Morgan fingerprint density at radius 3 is 2.48 bits per heavy atom. The van der Waals surface area contributed by atoms with Crippen molar-refractivity contribution in [3.05, 3.63) is 102 Å². The van der Waals surface area contributed by atoms with Crippen LogP contribution in [0.4, 0.5) is 0 Å². The van der Waals surface area contributed by atoms with Crippen LogP contribution >= 0.6 is 0 Å². The maximum atomic E-state index is 6.10. The third kappa shape index (κ3) is 4.85. The summed E-state index contributed by atoms with van der Waals surface area (Å²) in [5.74, 6) is 1.50. The zero-order chi connectivity index (χ0) is 22.5. The number of methoxy groups -OCH3 is 1. The minimum absolute atomic E-state index is 0.0984. The third-order valence-corrected chi connectivity index (χ3v) is 6.18. The van der Waals surface area contributed by atoms with Crippen LogP contribution < -0.4 is 14.8 Å². The first-order chi connectivity index (χ1) is 16.3. The topological polar surface area (TPSA) is 46.6 Å². The Labute approximate surface area is 195 Å². The molecule has 5 nitrogen and oxygen atoms in total. The molecule has 4 aromatic rings. The molecule has 1 aliphatic heterocycles.